The summed E-state index contributed by atoms with van der Waals surface area (Å²) in [6.07, 6.45) is 1.74. The van der Waals surface area contributed by atoms with Crippen LogP contribution in [-0.4, -0.2) is 48.4 Å². The average molecular weight is 276 g/mol. The van der Waals surface area contributed by atoms with Crippen LogP contribution in [0.2, 0.25) is 0 Å². The van der Waals surface area contributed by atoms with E-state index in [0.717, 1.165) is 0 Å². The molecule has 0 spiro atoms. The van der Waals surface area contributed by atoms with E-state index in [1.807, 2.05) is 0 Å². The predicted molar refractivity (Wildman–Crippen MR) is 70.7 cm³/mol. The van der Waals surface area contributed by atoms with Gasteiger partial charge in [0.25, 0.3) is 0 Å². The van der Waals surface area contributed by atoms with Crippen molar-refractivity contribution < 1.29 is 24.2 Å². The summed E-state index contributed by atoms with van der Waals surface area (Å²) in [5.41, 5.74) is 0. The Hall–Kier alpha value is -1.01. The van der Waals surface area contributed by atoms with Gasteiger partial charge in [0.1, 0.15) is 6.61 Å². The minimum absolute atomic E-state index is 0.113. The largest absolute Gasteiger partial charge is 0.481 e. The van der Waals surface area contributed by atoms with Crippen molar-refractivity contribution in [2.45, 2.75) is 13.3 Å². The molecule has 1 atom stereocenters. The molecule has 0 aliphatic carbocycles. The third-order valence-corrected chi connectivity index (χ3v) is 3.17. The van der Waals surface area contributed by atoms with Crippen LogP contribution in [-0.2, 0) is 19.1 Å². The zero-order chi connectivity index (χ0) is 13.8. The normalized spacial score (nSPS) is 11.8. The third kappa shape index (κ3) is 10.2. The van der Waals surface area contributed by atoms with E-state index in [4.69, 9.17) is 14.6 Å². The Bertz CT molecular complexity index is 267. The smallest absolute Gasteiger partial charge is 0.309 e. The van der Waals surface area contributed by atoms with E-state index in [2.05, 4.69) is 6.58 Å². The van der Waals surface area contributed by atoms with Crippen molar-refractivity contribution in [2.24, 2.45) is 5.92 Å². The minimum Gasteiger partial charge on any atom is -0.481 e. The number of carboxylic acid groups (broad SMARTS) is 1. The molecule has 0 aromatic carbocycles. The lowest BCUT2D eigenvalue weighted by Gasteiger charge is -2.10. The Kier molecular flexibility index (Phi) is 10.5. The zero-order valence-electron chi connectivity index (χ0n) is 10.6. The van der Waals surface area contributed by atoms with Crippen LogP contribution in [0, 0.1) is 5.92 Å². The maximum absolute atomic E-state index is 11.5. The van der Waals surface area contributed by atoms with E-state index in [-0.39, 0.29) is 24.9 Å². The molecule has 1 N–H and O–H groups in total. The van der Waals surface area contributed by atoms with Crippen molar-refractivity contribution in [2.75, 3.05) is 31.3 Å². The van der Waals surface area contributed by atoms with Crippen LogP contribution in [0.5, 0.6) is 0 Å². The van der Waals surface area contributed by atoms with Crippen molar-refractivity contribution in [1.82, 2.24) is 0 Å². The lowest BCUT2D eigenvalue weighted by atomic mass is 10.2. The van der Waals surface area contributed by atoms with Gasteiger partial charge in [0.15, 0.2) is 0 Å². The molecule has 5 nitrogen and oxygen atoms in total. The number of ether oxygens (including phenoxy) is 2. The van der Waals surface area contributed by atoms with Crippen molar-refractivity contribution in [3.05, 3.63) is 12.7 Å². The maximum Gasteiger partial charge on any atom is 0.309 e. The second kappa shape index (κ2) is 11.1. The first-order valence-corrected chi connectivity index (χ1v) is 6.88. The van der Waals surface area contributed by atoms with E-state index >= 15 is 0 Å². The molecule has 18 heavy (non-hydrogen) atoms. The van der Waals surface area contributed by atoms with Crippen LogP contribution >= 0.6 is 11.8 Å². The first-order valence-electron chi connectivity index (χ1n) is 5.72. The van der Waals surface area contributed by atoms with Crippen LogP contribution in [0.3, 0.4) is 0 Å². The maximum atomic E-state index is 11.5. The predicted octanol–water partition coefficient (Wildman–Crippen LogP) is 1.58. The molecule has 0 heterocycles. The molecular formula is C12H20O5S. The van der Waals surface area contributed by atoms with Gasteiger partial charge in [-0.1, -0.05) is 13.0 Å². The van der Waals surface area contributed by atoms with E-state index in [1.54, 1.807) is 13.0 Å². The molecule has 0 saturated heterocycles. The summed E-state index contributed by atoms with van der Waals surface area (Å²) in [7, 11) is 0. The van der Waals surface area contributed by atoms with Gasteiger partial charge in [0, 0.05) is 11.5 Å². The summed E-state index contributed by atoms with van der Waals surface area (Å²) >= 11 is 1.44. The summed E-state index contributed by atoms with van der Waals surface area (Å²) in [5.74, 6) is -0.255. The van der Waals surface area contributed by atoms with E-state index < -0.39 is 5.97 Å². The Balaban J connectivity index is 3.50. The average Bonchev–Trinajstić information content (AvgIpc) is 2.33. The molecule has 0 bridgehead atoms. The molecule has 0 radical (unpaired) electrons. The van der Waals surface area contributed by atoms with Crippen LogP contribution < -0.4 is 0 Å². The van der Waals surface area contributed by atoms with Crippen molar-refractivity contribution in [3.8, 4) is 0 Å². The summed E-state index contributed by atoms with van der Waals surface area (Å²) in [6, 6.07) is 0. The van der Waals surface area contributed by atoms with Gasteiger partial charge in [-0.2, -0.15) is 11.8 Å². The highest BCUT2D eigenvalue weighted by Crippen LogP contribution is 2.11. The molecule has 0 aromatic rings. The Morgan fingerprint density at radius 2 is 2.17 bits per heavy atom. The highest BCUT2D eigenvalue weighted by molar-refractivity contribution is 7.99. The molecule has 0 aliphatic rings. The second-order valence-electron chi connectivity index (χ2n) is 3.65. The standard InChI is InChI=1S/C12H20O5S/c1-3-5-16-6-7-17-12(15)10(2)9-18-8-4-11(13)14/h3,10H,1,4-9H2,2H3,(H,13,14). The van der Waals surface area contributed by atoms with Crippen molar-refractivity contribution in [3.63, 3.8) is 0 Å². The number of carbonyl (C=O) groups is 2. The fourth-order valence-corrected chi connectivity index (χ4v) is 1.97. The first kappa shape index (κ1) is 17.0. The zero-order valence-corrected chi connectivity index (χ0v) is 11.4. The molecule has 6 heteroatoms. The summed E-state index contributed by atoms with van der Waals surface area (Å²) in [4.78, 5) is 21.8. The topological polar surface area (TPSA) is 72.8 Å². The summed E-state index contributed by atoms with van der Waals surface area (Å²) < 4.78 is 10.1. The number of carbonyl (C=O) groups excluding carboxylic acids is 1. The van der Waals surface area contributed by atoms with Gasteiger partial charge in [0.2, 0.25) is 0 Å². The number of thioether (sulfide) groups is 1. The quantitative estimate of drug-likeness (QED) is 0.351. The number of hydrogen-bond donors (Lipinski definition) is 1. The number of aliphatic carboxylic acids is 1. The Morgan fingerprint density at radius 3 is 2.78 bits per heavy atom. The molecular weight excluding hydrogens is 256 g/mol. The molecule has 0 aliphatic heterocycles. The van der Waals surface area contributed by atoms with E-state index in [1.165, 1.54) is 11.8 Å². The Morgan fingerprint density at radius 1 is 1.44 bits per heavy atom. The van der Waals surface area contributed by atoms with Crippen LogP contribution in [0.15, 0.2) is 12.7 Å². The van der Waals surface area contributed by atoms with Gasteiger partial charge in [-0.25, -0.2) is 0 Å². The number of carboxylic acids is 1. The molecule has 0 saturated carbocycles. The van der Waals surface area contributed by atoms with E-state index in [9.17, 15) is 9.59 Å². The molecule has 0 fully saturated rings. The Labute approximate surface area is 112 Å². The number of esters is 1. The first-order chi connectivity index (χ1) is 8.57. The van der Waals surface area contributed by atoms with Gasteiger partial charge in [0.05, 0.1) is 25.6 Å². The van der Waals surface area contributed by atoms with Crippen molar-refractivity contribution >= 4 is 23.7 Å². The number of rotatable bonds is 11. The molecule has 1 unspecified atom stereocenters. The lowest BCUT2D eigenvalue weighted by molar-refractivity contribution is -0.148. The summed E-state index contributed by atoms with van der Waals surface area (Å²) in [5, 5.41) is 8.45. The van der Waals surface area contributed by atoms with Gasteiger partial charge in [-0.05, 0) is 0 Å². The van der Waals surface area contributed by atoms with Crippen LogP contribution in [0.4, 0.5) is 0 Å². The van der Waals surface area contributed by atoms with Gasteiger partial charge >= 0.3 is 11.9 Å². The van der Waals surface area contributed by atoms with Crippen molar-refractivity contribution in [1.29, 1.82) is 0 Å². The molecule has 104 valence electrons. The van der Waals surface area contributed by atoms with Crippen LogP contribution in [0.1, 0.15) is 13.3 Å². The fourth-order valence-electron chi connectivity index (χ4n) is 0.998. The van der Waals surface area contributed by atoms with Gasteiger partial charge in [-0.3, -0.25) is 9.59 Å². The second-order valence-corrected chi connectivity index (χ2v) is 4.80. The third-order valence-electron chi connectivity index (χ3n) is 1.94. The van der Waals surface area contributed by atoms with Crippen LogP contribution in [0.25, 0.3) is 0 Å². The highest BCUT2D eigenvalue weighted by atomic mass is 32.2. The highest BCUT2D eigenvalue weighted by Gasteiger charge is 2.14. The lowest BCUT2D eigenvalue weighted by Crippen LogP contribution is -2.19. The number of hydrogen-bond acceptors (Lipinski definition) is 5. The molecule has 0 rings (SSSR count). The van der Waals surface area contributed by atoms with Gasteiger partial charge < -0.3 is 14.6 Å². The molecule has 0 amide bonds. The van der Waals surface area contributed by atoms with E-state index in [0.29, 0.717) is 24.7 Å². The monoisotopic (exact) mass is 276 g/mol. The SMILES string of the molecule is C=CCOCCOC(=O)C(C)CSCCC(=O)O. The van der Waals surface area contributed by atoms with Gasteiger partial charge in [-0.15, -0.1) is 6.58 Å². The molecule has 0 aromatic heterocycles. The summed E-state index contributed by atoms with van der Waals surface area (Å²) in [6.45, 7) is 6.30. The minimum atomic E-state index is -0.822. The fraction of sp³-hybridized carbons (Fsp3) is 0.667.